The van der Waals surface area contributed by atoms with Crippen LogP contribution in [0.2, 0.25) is 0 Å². The normalized spacial score (nSPS) is 22.8. The molecule has 2 amide bonds. The molecule has 9 heteroatoms. The summed E-state index contributed by atoms with van der Waals surface area (Å²) in [5.41, 5.74) is -0.486. The fourth-order valence-corrected chi connectivity index (χ4v) is 2.47. The molecule has 2 heterocycles. The highest BCUT2D eigenvalue weighted by Crippen LogP contribution is 2.45. The lowest BCUT2D eigenvalue weighted by atomic mass is 10.1. The fourth-order valence-electron chi connectivity index (χ4n) is 2.47. The third kappa shape index (κ3) is 1.81. The number of alkyl halides is 2. The molecule has 0 N–H and O–H groups in total. The number of fused-ring (bicyclic) bond motifs is 1. The molecular formula is C13H9F2N2O5-. The standard InChI is InChI=1S/C13H10F2N2O5/c1-16-8-3-2-6(4-7(8)13(14,15)11(16)20)17-5-9(10(18)19)22-12(17)21/h2-4,9H,5H2,1H3,(H,18,19)/p-1. The van der Waals surface area contributed by atoms with Gasteiger partial charge in [0.05, 0.1) is 23.8 Å². The van der Waals surface area contributed by atoms with Crippen LogP contribution in [0.15, 0.2) is 18.2 Å². The largest absolute Gasteiger partial charge is 0.546 e. The molecule has 22 heavy (non-hydrogen) atoms. The van der Waals surface area contributed by atoms with E-state index in [1.807, 2.05) is 0 Å². The summed E-state index contributed by atoms with van der Waals surface area (Å²) < 4.78 is 32.4. The summed E-state index contributed by atoms with van der Waals surface area (Å²) >= 11 is 0. The first-order chi connectivity index (χ1) is 10.2. The molecule has 1 atom stereocenters. The van der Waals surface area contributed by atoms with Crippen molar-refractivity contribution in [3.05, 3.63) is 23.8 Å². The van der Waals surface area contributed by atoms with Gasteiger partial charge in [0.15, 0.2) is 6.10 Å². The quantitative estimate of drug-likeness (QED) is 0.756. The number of carbonyl (C=O) groups is 3. The lowest BCUT2D eigenvalue weighted by Gasteiger charge is -2.15. The predicted molar refractivity (Wildman–Crippen MR) is 66.4 cm³/mol. The average Bonchev–Trinajstić information content (AvgIpc) is 2.93. The number of hydrogen-bond acceptors (Lipinski definition) is 5. The van der Waals surface area contributed by atoms with Crippen molar-refractivity contribution in [1.29, 1.82) is 0 Å². The number of hydrogen-bond donors (Lipinski definition) is 0. The highest BCUT2D eigenvalue weighted by Gasteiger charge is 2.52. The fraction of sp³-hybridized carbons (Fsp3) is 0.308. The minimum absolute atomic E-state index is 0.0234. The van der Waals surface area contributed by atoms with Crippen molar-refractivity contribution >= 4 is 29.3 Å². The van der Waals surface area contributed by atoms with Crippen molar-refractivity contribution in [3.63, 3.8) is 0 Å². The Morgan fingerprint density at radius 3 is 2.68 bits per heavy atom. The maximum absolute atomic E-state index is 13.9. The first kappa shape index (κ1) is 14.2. The number of carboxylic acid groups (broad SMARTS) is 1. The van der Waals surface area contributed by atoms with Crippen molar-refractivity contribution in [3.8, 4) is 0 Å². The molecule has 2 aliphatic rings. The van der Waals surface area contributed by atoms with E-state index in [-0.39, 0.29) is 17.9 Å². The van der Waals surface area contributed by atoms with Gasteiger partial charge in [0.25, 0.3) is 0 Å². The molecule has 1 aromatic rings. The van der Waals surface area contributed by atoms with E-state index in [9.17, 15) is 28.3 Å². The van der Waals surface area contributed by atoms with Crippen LogP contribution in [0, 0.1) is 0 Å². The van der Waals surface area contributed by atoms with Gasteiger partial charge < -0.3 is 19.5 Å². The highest BCUT2D eigenvalue weighted by atomic mass is 19.3. The summed E-state index contributed by atoms with van der Waals surface area (Å²) in [6.45, 7) is -0.352. The predicted octanol–water partition coefficient (Wildman–Crippen LogP) is -0.170. The van der Waals surface area contributed by atoms with Gasteiger partial charge >= 0.3 is 17.9 Å². The van der Waals surface area contributed by atoms with Crippen LogP contribution < -0.4 is 14.9 Å². The Morgan fingerprint density at radius 2 is 2.09 bits per heavy atom. The second-order valence-electron chi connectivity index (χ2n) is 4.94. The van der Waals surface area contributed by atoms with Crippen LogP contribution in [0.4, 0.5) is 25.0 Å². The summed E-state index contributed by atoms with van der Waals surface area (Å²) in [4.78, 5) is 35.6. The van der Waals surface area contributed by atoms with Crippen molar-refractivity contribution in [1.82, 2.24) is 0 Å². The minimum Gasteiger partial charge on any atom is -0.546 e. The molecule has 0 radical (unpaired) electrons. The van der Waals surface area contributed by atoms with Gasteiger partial charge in [-0.3, -0.25) is 9.69 Å². The van der Waals surface area contributed by atoms with E-state index in [4.69, 9.17) is 0 Å². The molecule has 0 spiro atoms. The molecule has 1 aromatic carbocycles. The Morgan fingerprint density at radius 1 is 1.41 bits per heavy atom. The van der Waals surface area contributed by atoms with Gasteiger partial charge in [-0.2, -0.15) is 8.78 Å². The van der Waals surface area contributed by atoms with Gasteiger partial charge in [-0.25, -0.2) is 4.79 Å². The van der Waals surface area contributed by atoms with Gasteiger partial charge in [0.1, 0.15) is 0 Å². The van der Waals surface area contributed by atoms with Crippen LogP contribution in [0.3, 0.4) is 0 Å². The van der Waals surface area contributed by atoms with Crippen LogP contribution in [-0.2, 0) is 20.2 Å². The number of nitrogens with zero attached hydrogens (tertiary/aromatic N) is 2. The number of halogens is 2. The average molecular weight is 311 g/mol. The number of aliphatic carboxylic acids is 1. The number of ether oxygens (including phenoxy) is 1. The summed E-state index contributed by atoms with van der Waals surface area (Å²) in [6.07, 6.45) is -2.44. The lowest BCUT2D eigenvalue weighted by Crippen LogP contribution is -2.38. The van der Waals surface area contributed by atoms with E-state index < -0.39 is 35.6 Å². The number of carbonyl (C=O) groups excluding carboxylic acids is 3. The highest BCUT2D eigenvalue weighted by molar-refractivity contribution is 6.06. The second-order valence-corrected chi connectivity index (χ2v) is 4.94. The molecular weight excluding hydrogens is 302 g/mol. The van der Waals surface area contributed by atoms with Crippen LogP contribution >= 0.6 is 0 Å². The summed E-state index contributed by atoms with van der Waals surface area (Å²) in [7, 11) is 1.22. The van der Waals surface area contributed by atoms with E-state index in [1.165, 1.54) is 19.2 Å². The second kappa shape index (κ2) is 4.39. The molecule has 0 saturated carbocycles. The molecule has 7 nitrogen and oxygen atoms in total. The molecule has 1 unspecified atom stereocenters. The summed E-state index contributed by atoms with van der Waals surface area (Å²) in [5.74, 6) is -6.63. The van der Waals surface area contributed by atoms with E-state index >= 15 is 0 Å². The molecule has 1 saturated heterocycles. The number of likely N-dealkylation sites (N-methyl/N-ethyl adjacent to an activating group) is 1. The number of amides is 2. The molecule has 0 aromatic heterocycles. The van der Waals surface area contributed by atoms with Crippen LogP contribution in [-0.4, -0.2) is 37.7 Å². The van der Waals surface area contributed by atoms with Crippen LogP contribution in [0.5, 0.6) is 0 Å². The summed E-state index contributed by atoms with van der Waals surface area (Å²) in [6, 6.07) is 3.59. The molecule has 0 aliphatic carbocycles. The maximum Gasteiger partial charge on any atom is 0.415 e. The third-order valence-corrected chi connectivity index (χ3v) is 3.64. The number of rotatable bonds is 2. The van der Waals surface area contributed by atoms with Crippen molar-refractivity contribution < 1.29 is 33.0 Å². The Kier molecular flexibility index (Phi) is 2.84. The first-order valence-electron chi connectivity index (χ1n) is 6.23. The first-order valence-corrected chi connectivity index (χ1v) is 6.23. The topological polar surface area (TPSA) is 90.0 Å². The number of benzene rings is 1. The molecule has 2 aliphatic heterocycles. The monoisotopic (exact) mass is 311 g/mol. The van der Waals surface area contributed by atoms with Crippen LogP contribution in [0.25, 0.3) is 0 Å². The summed E-state index contributed by atoms with van der Waals surface area (Å²) in [5, 5.41) is 10.7. The molecule has 0 bridgehead atoms. The lowest BCUT2D eigenvalue weighted by molar-refractivity contribution is -0.313. The van der Waals surface area contributed by atoms with E-state index in [0.717, 1.165) is 15.9 Å². The molecule has 1 fully saturated rings. The maximum atomic E-state index is 13.9. The van der Waals surface area contributed by atoms with Gasteiger partial charge in [0, 0.05) is 12.7 Å². The third-order valence-electron chi connectivity index (χ3n) is 3.64. The minimum atomic E-state index is -3.70. The zero-order chi connectivity index (χ0) is 16.2. The van der Waals surface area contributed by atoms with E-state index in [1.54, 1.807) is 0 Å². The van der Waals surface area contributed by atoms with Gasteiger partial charge in [-0.1, -0.05) is 0 Å². The van der Waals surface area contributed by atoms with E-state index in [2.05, 4.69) is 4.74 Å². The van der Waals surface area contributed by atoms with E-state index in [0.29, 0.717) is 0 Å². The Bertz CT molecular complexity index is 706. The SMILES string of the molecule is CN1C(=O)C(F)(F)c2cc(N3CC(C(=O)[O-])OC3=O)ccc21. The number of carboxylic acids is 1. The Balaban J connectivity index is 1.99. The Hall–Kier alpha value is -2.71. The van der Waals surface area contributed by atoms with Crippen molar-refractivity contribution in [2.45, 2.75) is 12.0 Å². The smallest absolute Gasteiger partial charge is 0.415 e. The van der Waals surface area contributed by atoms with Gasteiger partial charge in [-0.15, -0.1) is 0 Å². The molecule has 3 rings (SSSR count). The van der Waals surface area contributed by atoms with Gasteiger partial charge in [0.2, 0.25) is 0 Å². The Labute approximate surface area is 122 Å². The van der Waals surface area contributed by atoms with Crippen molar-refractivity contribution in [2.24, 2.45) is 0 Å². The van der Waals surface area contributed by atoms with Gasteiger partial charge in [-0.05, 0) is 18.2 Å². The zero-order valence-electron chi connectivity index (χ0n) is 11.2. The van der Waals surface area contributed by atoms with Crippen LogP contribution in [0.1, 0.15) is 5.56 Å². The van der Waals surface area contributed by atoms with Crippen molar-refractivity contribution in [2.75, 3.05) is 23.4 Å². The number of anilines is 2. The zero-order valence-corrected chi connectivity index (χ0v) is 11.2. The number of cyclic esters (lactones) is 1. The molecule has 116 valence electrons.